The lowest BCUT2D eigenvalue weighted by atomic mass is 9.78. The molecule has 3 aromatic rings. The predicted molar refractivity (Wildman–Crippen MR) is 173 cm³/mol. The summed E-state index contributed by atoms with van der Waals surface area (Å²) in [4.78, 5) is 37.0. The summed E-state index contributed by atoms with van der Waals surface area (Å²) in [5, 5.41) is 3.38. The highest BCUT2D eigenvalue weighted by Gasteiger charge is 2.47. The van der Waals surface area contributed by atoms with Gasteiger partial charge in [-0.1, -0.05) is 6.07 Å². The van der Waals surface area contributed by atoms with Crippen LogP contribution in [0.25, 0.3) is 11.4 Å². The Labute approximate surface area is 259 Å². The summed E-state index contributed by atoms with van der Waals surface area (Å²) in [6.45, 7) is 9.12. The highest BCUT2D eigenvalue weighted by atomic mass is 16.5. The number of primary amides is 1. The Balaban J connectivity index is 1.11. The number of benzene rings is 1. The maximum Gasteiger partial charge on any atom is 0.271 e. The summed E-state index contributed by atoms with van der Waals surface area (Å²) in [5.41, 5.74) is 9.25. The third-order valence-electron chi connectivity index (χ3n) is 10.1. The molecule has 0 atom stereocenters. The molecule has 4 aliphatic heterocycles. The van der Waals surface area contributed by atoms with Crippen molar-refractivity contribution in [3.63, 3.8) is 0 Å². The van der Waals surface area contributed by atoms with Crippen molar-refractivity contribution in [1.29, 1.82) is 0 Å². The zero-order valence-electron chi connectivity index (χ0n) is 25.6. The number of carbonyl (C=O) groups is 1. The van der Waals surface area contributed by atoms with Crippen molar-refractivity contribution in [1.82, 2.24) is 24.8 Å². The zero-order valence-corrected chi connectivity index (χ0v) is 25.6. The number of pyridine rings is 1. The number of ether oxygens (including phenoxy) is 1. The van der Waals surface area contributed by atoms with Crippen LogP contribution in [-0.4, -0.2) is 108 Å². The van der Waals surface area contributed by atoms with E-state index >= 15 is 0 Å². The monoisotopic (exact) mass is 597 g/mol. The largest absolute Gasteiger partial charge is 0.381 e. The molecule has 0 bridgehead atoms. The van der Waals surface area contributed by atoms with Crippen molar-refractivity contribution in [2.24, 2.45) is 5.73 Å². The third kappa shape index (κ3) is 5.71. The Morgan fingerprint density at radius 1 is 0.932 bits per heavy atom. The van der Waals surface area contributed by atoms with Crippen LogP contribution in [0.4, 0.5) is 23.0 Å². The number of hydrogen-bond donors (Lipinski definition) is 2. The molecule has 0 unspecified atom stereocenters. The van der Waals surface area contributed by atoms with Crippen LogP contribution >= 0.6 is 0 Å². The van der Waals surface area contributed by atoms with Gasteiger partial charge in [0.15, 0.2) is 17.3 Å². The second-order valence-corrected chi connectivity index (χ2v) is 12.6. The number of piperazine rings is 1. The van der Waals surface area contributed by atoms with E-state index in [0.29, 0.717) is 23.2 Å². The smallest absolute Gasteiger partial charge is 0.271 e. The lowest BCUT2D eigenvalue weighted by Crippen LogP contribution is -2.63. The van der Waals surface area contributed by atoms with Crippen molar-refractivity contribution in [2.45, 2.75) is 43.7 Å². The van der Waals surface area contributed by atoms with Gasteiger partial charge in [0.05, 0.1) is 5.69 Å². The van der Waals surface area contributed by atoms with Gasteiger partial charge in [0.2, 0.25) is 0 Å². The van der Waals surface area contributed by atoms with Gasteiger partial charge in [-0.3, -0.25) is 14.7 Å². The number of anilines is 4. The van der Waals surface area contributed by atoms with Crippen LogP contribution in [0, 0.1) is 0 Å². The van der Waals surface area contributed by atoms with Crippen LogP contribution in [0.2, 0.25) is 0 Å². The second-order valence-electron chi connectivity index (χ2n) is 12.6. The van der Waals surface area contributed by atoms with E-state index in [0.717, 1.165) is 76.7 Å². The van der Waals surface area contributed by atoms with E-state index in [4.69, 9.17) is 20.4 Å². The molecule has 1 amide bonds. The first-order valence-electron chi connectivity index (χ1n) is 16.0. The first-order chi connectivity index (χ1) is 21.5. The number of hydrogen-bond acceptors (Lipinski definition) is 10. The van der Waals surface area contributed by atoms with Gasteiger partial charge in [-0.05, 0) is 75.5 Å². The Kier molecular flexibility index (Phi) is 8.09. The van der Waals surface area contributed by atoms with Crippen LogP contribution in [0.3, 0.4) is 0 Å². The molecule has 0 aliphatic carbocycles. The number of nitrogens with two attached hydrogens (primary N) is 1. The van der Waals surface area contributed by atoms with E-state index in [1.165, 1.54) is 31.6 Å². The molecule has 4 fully saturated rings. The Morgan fingerprint density at radius 2 is 1.68 bits per heavy atom. The zero-order chi connectivity index (χ0) is 30.1. The number of piperidine rings is 1. The first-order valence-corrected chi connectivity index (χ1v) is 16.0. The molecule has 11 heteroatoms. The molecule has 1 aromatic carbocycles. The topological polar surface area (TPSA) is 116 Å². The molecular formula is C33H43N9O2. The average Bonchev–Trinajstić information content (AvgIpc) is 3.06. The minimum Gasteiger partial charge on any atom is -0.381 e. The Morgan fingerprint density at radius 3 is 2.32 bits per heavy atom. The van der Waals surface area contributed by atoms with E-state index < -0.39 is 5.91 Å². The number of amides is 1. The molecule has 4 aliphatic rings. The molecular weight excluding hydrogens is 554 g/mol. The number of aromatic nitrogens is 3. The van der Waals surface area contributed by atoms with E-state index in [1.54, 1.807) is 6.20 Å². The highest BCUT2D eigenvalue weighted by molar-refractivity contribution is 5.97. The molecule has 232 valence electrons. The third-order valence-corrected chi connectivity index (χ3v) is 10.1. The fourth-order valence-electron chi connectivity index (χ4n) is 7.26. The molecule has 7 rings (SSSR count). The lowest BCUT2D eigenvalue weighted by Gasteiger charge is -2.55. The van der Waals surface area contributed by atoms with Gasteiger partial charge in [0.25, 0.3) is 5.91 Å². The van der Waals surface area contributed by atoms with Gasteiger partial charge in [-0.15, -0.1) is 0 Å². The van der Waals surface area contributed by atoms with Crippen molar-refractivity contribution in [3.05, 3.63) is 54.4 Å². The van der Waals surface area contributed by atoms with Crippen LogP contribution in [-0.2, 0) is 4.74 Å². The molecule has 11 nitrogen and oxygen atoms in total. The van der Waals surface area contributed by atoms with Gasteiger partial charge in [-0.25, -0.2) is 9.97 Å². The minimum atomic E-state index is -0.632. The molecule has 0 saturated carbocycles. The molecule has 1 spiro atoms. The molecule has 44 heavy (non-hydrogen) atoms. The van der Waals surface area contributed by atoms with Crippen LogP contribution in [0.5, 0.6) is 0 Å². The van der Waals surface area contributed by atoms with Crippen molar-refractivity contribution in [3.8, 4) is 11.4 Å². The summed E-state index contributed by atoms with van der Waals surface area (Å²) in [6, 6.07) is 14.7. The number of carbonyl (C=O) groups excluding carboxylic acids is 1. The standard InChI is InChI=1S/C33H43N9O2/c1-39-18-20-41(21-19-39)26-9-15-40(16-10-26)25-7-5-24(6-8-25)36-31-29(30(34)43)37-28(27-4-2-3-14-35-27)32(38-31)42-17-11-33(42)12-22-44-23-13-33/h2-8,14,26H,9-13,15-23H2,1H3,(H2,34,43)(H,36,38). The molecule has 2 aromatic heterocycles. The first kappa shape index (κ1) is 28.9. The summed E-state index contributed by atoms with van der Waals surface area (Å²) < 4.78 is 5.69. The van der Waals surface area contributed by atoms with Crippen LogP contribution in [0.15, 0.2) is 48.7 Å². The summed E-state index contributed by atoms with van der Waals surface area (Å²) in [6.07, 6.45) is 7.06. The molecule has 6 heterocycles. The Hall–Kier alpha value is -3.80. The van der Waals surface area contributed by atoms with Crippen LogP contribution < -0.4 is 20.9 Å². The predicted octanol–water partition coefficient (Wildman–Crippen LogP) is 3.36. The van der Waals surface area contributed by atoms with Crippen molar-refractivity contribution >= 4 is 28.9 Å². The maximum atomic E-state index is 12.7. The lowest BCUT2D eigenvalue weighted by molar-refractivity contribution is 0.0285. The number of rotatable bonds is 7. The molecule has 4 saturated heterocycles. The highest BCUT2D eigenvalue weighted by Crippen LogP contribution is 2.45. The Bertz CT molecular complexity index is 1450. The number of likely N-dealkylation sites (N-methyl/N-ethyl adjacent to an activating group) is 1. The fraction of sp³-hybridized carbons (Fsp3) is 0.515. The number of nitrogens with one attached hydrogen (secondary N) is 1. The van der Waals surface area contributed by atoms with Crippen molar-refractivity contribution < 1.29 is 9.53 Å². The summed E-state index contributed by atoms with van der Waals surface area (Å²) in [7, 11) is 2.21. The van der Waals surface area contributed by atoms with Gasteiger partial charge in [-0.2, -0.15) is 0 Å². The summed E-state index contributed by atoms with van der Waals surface area (Å²) in [5.74, 6) is 0.458. The fourth-order valence-corrected chi connectivity index (χ4v) is 7.26. The van der Waals surface area contributed by atoms with E-state index in [2.05, 4.69) is 49.1 Å². The van der Waals surface area contributed by atoms with E-state index in [9.17, 15) is 4.79 Å². The van der Waals surface area contributed by atoms with Gasteiger partial charge in [0, 0.05) is 88.2 Å². The molecule has 0 radical (unpaired) electrons. The van der Waals surface area contributed by atoms with Gasteiger partial charge in [0.1, 0.15) is 5.69 Å². The minimum absolute atomic E-state index is 0.0125. The maximum absolute atomic E-state index is 12.7. The second kappa shape index (κ2) is 12.3. The van der Waals surface area contributed by atoms with Crippen LogP contribution in [0.1, 0.15) is 42.6 Å². The summed E-state index contributed by atoms with van der Waals surface area (Å²) >= 11 is 0. The van der Waals surface area contributed by atoms with Gasteiger partial charge >= 0.3 is 0 Å². The molecule has 3 N–H and O–H groups in total. The van der Waals surface area contributed by atoms with Gasteiger partial charge < -0.3 is 30.5 Å². The van der Waals surface area contributed by atoms with E-state index in [-0.39, 0.29) is 11.2 Å². The quantitative estimate of drug-likeness (QED) is 0.420. The SMILES string of the molecule is CN1CCN(C2CCN(c3ccc(Nc4nc(N5CCC56CCOCC6)c(-c5ccccn5)nc4C(N)=O)cc3)CC2)CC1. The van der Waals surface area contributed by atoms with E-state index in [1.807, 2.05) is 30.3 Å². The van der Waals surface area contributed by atoms with Crippen molar-refractivity contribution in [2.75, 3.05) is 81.2 Å². The number of nitrogens with zero attached hydrogens (tertiary/aromatic N) is 7. The average molecular weight is 598 g/mol. The normalized spacial score (nSPS) is 21.3.